The number of nitrogens with two attached hydrogens (primary N) is 1. The van der Waals surface area contributed by atoms with Crippen LogP contribution in [-0.2, 0) is 11.2 Å². The molecule has 1 aromatic heterocycles. The third-order valence-corrected chi connectivity index (χ3v) is 7.05. The van der Waals surface area contributed by atoms with Crippen LogP contribution in [-0.4, -0.2) is 22.8 Å². The number of nitrogens with one attached hydrogen (secondary N) is 2. The molecule has 6 nitrogen and oxygen atoms in total. The Labute approximate surface area is 229 Å². The SMILES string of the molecule is NC(=O)c1cc(-c2cccnc2[C@H](Cc2cc(F)cc(F)c2)NC(=O)[C@H]2CC[C@@H](c3ccccc3)N2)ccc1F. The van der Waals surface area contributed by atoms with Crippen molar-refractivity contribution in [1.82, 2.24) is 15.6 Å². The summed E-state index contributed by atoms with van der Waals surface area (Å²) in [6.07, 6.45) is 2.93. The average molecular weight is 545 g/mol. The van der Waals surface area contributed by atoms with E-state index in [2.05, 4.69) is 15.6 Å². The molecule has 2 amide bonds. The highest BCUT2D eigenvalue weighted by Gasteiger charge is 2.32. The Kier molecular flexibility index (Phi) is 7.93. The lowest BCUT2D eigenvalue weighted by molar-refractivity contribution is -0.123. The predicted octanol–water partition coefficient (Wildman–Crippen LogP) is 5.16. The molecule has 5 rings (SSSR count). The van der Waals surface area contributed by atoms with Crippen LogP contribution in [0, 0.1) is 17.5 Å². The van der Waals surface area contributed by atoms with Gasteiger partial charge in [0, 0.05) is 23.9 Å². The summed E-state index contributed by atoms with van der Waals surface area (Å²) in [5, 5.41) is 6.39. The van der Waals surface area contributed by atoms with Crippen molar-refractivity contribution in [2.45, 2.75) is 37.4 Å². The number of carbonyl (C=O) groups excluding carboxylic acids is 2. The molecule has 0 spiro atoms. The van der Waals surface area contributed by atoms with E-state index in [-0.39, 0.29) is 23.9 Å². The molecule has 1 saturated heterocycles. The number of primary amides is 1. The molecule has 1 aliphatic rings. The molecular weight excluding hydrogens is 517 g/mol. The van der Waals surface area contributed by atoms with Gasteiger partial charge in [-0.3, -0.25) is 19.9 Å². The first kappa shape index (κ1) is 27.1. The van der Waals surface area contributed by atoms with Crippen LogP contribution in [0.2, 0.25) is 0 Å². The summed E-state index contributed by atoms with van der Waals surface area (Å²) in [7, 11) is 0. The summed E-state index contributed by atoms with van der Waals surface area (Å²) in [4.78, 5) is 29.8. The number of rotatable bonds is 8. The van der Waals surface area contributed by atoms with Crippen molar-refractivity contribution in [2.24, 2.45) is 5.73 Å². The summed E-state index contributed by atoms with van der Waals surface area (Å²) in [6.45, 7) is 0. The zero-order chi connectivity index (χ0) is 28.2. The largest absolute Gasteiger partial charge is 0.366 e. The minimum absolute atomic E-state index is 0.0181. The molecule has 1 fully saturated rings. The number of halogens is 3. The summed E-state index contributed by atoms with van der Waals surface area (Å²) in [5.74, 6) is -3.45. The lowest BCUT2D eigenvalue weighted by Crippen LogP contribution is -2.43. The van der Waals surface area contributed by atoms with Crippen molar-refractivity contribution >= 4 is 11.8 Å². The van der Waals surface area contributed by atoms with Crippen LogP contribution in [0.1, 0.15) is 52.1 Å². The van der Waals surface area contributed by atoms with E-state index in [0.717, 1.165) is 24.1 Å². The summed E-state index contributed by atoms with van der Waals surface area (Å²) < 4.78 is 42.3. The monoisotopic (exact) mass is 544 g/mol. The zero-order valence-electron chi connectivity index (χ0n) is 21.4. The van der Waals surface area contributed by atoms with Crippen molar-refractivity contribution in [3.8, 4) is 11.1 Å². The molecule has 4 N–H and O–H groups in total. The Bertz CT molecular complexity index is 1530. The molecular formula is C31H27F3N4O2. The van der Waals surface area contributed by atoms with Crippen molar-refractivity contribution in [3.05, 3.63) is 125 Å². The first-order chi connectivity index (χ1) is 19.3. The summed E-state index contributed by atoms with van der Waals surface area (Å²) >= 11 is 0. The first-order valence-electron chi connectivity index (χ1n) is 12.9. The zero-order valence-corrected chi connectivity index (χ0v) is 21.4. The molecule has 0 unspecified atom stereocenters. The fraction of sp³-hybridized carbons (Fsp3) is 0.194. The van der Waals surface area contributed by atoms with Gasteiger partial charge in [0.15, 0.2) is 0 Å². The fourth-order valence-electron chi connectivity index (χ4n) is 5.17. The minimum atomic E-state index is -0.926. The van der Waals surface area contributed by atoms with Crippen LogP contribution in [0.15, 0.2) is 85.1 Å². The van der Waals surface area contributed by atoms with E-state index in [0.29, 0.717) is 28.8 Å². The van der Waals surface area contributed by atoms with Crippen molar-refractivity contribution < 1.29 is 22.8 Å². The number of carbonyl (C=O) groups is 2. The molecule has 3 atom stereocenters. The van der Waals surface area contributed by atoms with Gasteiger partial charge in [-0.05, 0) is 66.3 Å². The number of aromatic nitrogens is 1. The normalized spacial score (nSPS) is 17.4. The second-order valence-corrected chi connectivity index (χ2v) is 9.80. The molecule has 0 aliphatic carbocycles. The molecule has 0 radical (unpaired) electrons. The third kappa shape index (κ3) is 6.05. The van der Waals surface area contributed by atoms with E-state index in [1.807, 2.05) is 30.3 Å². The number of hydrogen-bond acceptors (Lipinski definition) is 4. The van der Waals surface area contributed by atoms with E-state index in [1.54, 1.807) is 12.1 Å². The molecule has 40 heavy (non-hydrogen) atoms. The molecule has 1 aliphatic heterocycles. The smallest absolute Gasteiger partial charge is 0.251 e. The molecule has 2 heterocycles. The van der Waals surface area contributed by atoms with E-state index in [4.69, 9.17) is 5.73 Å². The maximum Gasteiger partial charge on any atom is 0.251 e. The maximum atomic E-state index is 14.2. The number of hydrogen-bond donors (Lipinski definition) is 3. The number of amides is 2. The molecule has 204 valence electrons. The molecule has 9 heteroatoms. The van der Waals surface area contributed by atoms with Crippen LogP contribution in [0.4, 0.5) is 13.2 Å². The van der Waals surface area contributed by atoms with Crippen LogP contribution >= 0.6 is 0 Å². The Hall–Kier alpha value is -4.50. The van der Waals surface area contributed by atoms with Gasteiger partial charge in [-0.1, -0.05) is 42.5 Å². The number of pyridine rings is 1. The third-order valence-electron chi connectivity index (χ3n) is 7.05. The van der Waals surface area contributed by atoms with Crippen LogP contribution in [0.25, 0.3) is 11.1 Å². The number of nitrogens with zero attached hydrogens (tertiary/aromatic N) is 1. The summed E-state index contributed by atoms with van der Waals surface area (Å²) in [5.41, 5.74) is 7.81. The first-order valence-corrected chi connectivity index (χ1v) is 12.9. The van der Waals surface area contributed by atoms with Crippen LogP contribution in [0.3, 0.4) is 0 Å². The average Bonchev–Trinajstić information content (AvgIpc) is 3.44. The molecule has 3 aromatic carbocycles. The lowest BCUT2D eigenvalue weighted by Gasteiger charge is -2.24. The van der Waals surface area contributed by atoms with Gasteiger partial charge in [-0.25, -0.2) is 13.2 Å². The second-order valence-electron chi connectivity index (χ2n) is 9.80. The topological polar surface area (TPSA) is 97.1 Å². The lowest BCUT2D eigenvalue weighted by atomic mass is 9.94. The summed E-state index contributed by atoms with van der Waals surface area (Å²) in [6, 6.07) is 19.0. The Morgan fingerprint density at radius 3 is 2.42 bits per heavy atom. The van der Waals surface area contributed by atoms with E-state index in [9.17, 15) is 22.8 Å². The van der Waals surface area contributed by atoms with Gasteiger partial charge >= 0.3 is 0 Å². The van der Waals surface area contributed by atoms with Crippen LogP contribution in [0.5, 0.6) is 0 Å². The van der Waals surface area contributed by atoms with Crippen molar-refractivity contribution in [2.75, 3.05) is 0 Å². The van der Waals surface area contributed by atoms with E-state index in [1.165, 1.54) is 30.5 Å². The van der Waals surface area contributed by atoms with Gasteiger partial charge in [0.05, 0.1) is 23.3 Å². The van der Waals surface area contributed by atoms with E-state index >= 15 is 0 Å². The minimum Gasteiger partial charge on any atom is -0.366 e. The quantitative estimate of drug-likeness (QED) is 0.286. The second kappa shape index (κ2) is 11.7. The molecule has 0 bridgehead atoms. The standard InChI is InChI=1S/C31H27F3N4O2/c32-21-13-18(14-22(33)17-21)15-28(38-31(40)27-11-10-26(37-27)19-5-2-1-3-6-19)29-23(7-4-12-36-29)20-8-9-25(34)24(16-20)30(35)39/h1-9,12-14,16-17,26-28,37H,10-11,15H2,(H2,35,39)(H,38,40)/t26-,27+,28-/m0/s1. The highest BCUT2D eigenvalue weighted by molar-refractivity contribution is 5.94. The predicted molar refractivity (Wildman–Crippen MR) is 144 cm³/mol. The Balaban J connectivity index is 1.48. The van der Waals surface area contributed by atoms with Gasteiger partial charge in [0.2, 0.25) is 5.91 Å². The van der Waals surface area contributed by atoms with Gasteiger partial charge in [-0.2, -0.15) is 0 Å². The van der Waals surface area contributed by atoms with Crippen LogP contribution < -0.4 is 16.4 Å². The van der Waals surface area contributed by atoms with Crippen molar-refractivity contribution in [3.63, 3.8) is 0 Å². The fourth-order valence-corrected chi connectivity index (χ4v) is 5.17. The highest BCUT2D eigenvalue weighted by Crippen LogP contribution is 2.31. The van der Waals surface area contributed by atoms with Gasteiger partial charge in [-0.15, -0.1) is 0 Å². The Morgan fingerprint density at radius 2 is 1.70 bits per heavy atom. The number of benzene rings is 3. The molecule has 4 aromatic rings. The van der Waals surface area contributed by atoms with Crippen molar-refractivity contribution in [1.29, 1.82) is 0 Å². The Morgan fingerprint density at radius 1 is 0.950 bits per heavy atom. The molecule has 0 saturated carbocycles. The van der Waals surface area contributed by atoms with E-state index < -0.39 is 35.4 Å². The van der Waals surface area contributed by atoms with Gasteiger partial charge < -0.3 is 11.1 Å². The maximum absolute atomic E-state index is 14.2. The van der Waals surface area contributed by atoms with Gasteiger partial charge in [0.1, 0.15) is 17.5 Å². The highest BCUT2D eigenvalue weighted by atomic mass is 19.1. The van der Waals surface area contributed by atoms with Gasteiger partial charge in [0.25, 0.3) is 5.91 Å².